The lowest BCUT2D eigenvalue weighted by molar-refractivity contribution is 0.591. The van der Waals surface area contributed by atoms with Crippen molar-refractivity contribution in [2.45, 2.75) is 18.7 Å². The molecule has 0 radical (unpaired) electrons. The summed E-state index contributed by atoms with van der Waals surface area (Å²) in [6.45, 7) is 3.50. The molecule has 0 spiro atoms. The van der Waals surface area contributed by atoms with E-state index in [9.17, 15) is 12.8 Å². The molecule has 2 N–H and O–H groups in total. The number of hydrogen-bond donors (Lipinski definition) is 1. The van der Waals surface area contributed by atoms with Gasteiger partial charge in [0, 0.05) is 19.7 Å². The molecule has 0 saturated carbocycles. The van der Waals surface area contributed by atoms with Gasteiger partial charge in [-0.3, -0.25) is 0 Å². The summed E-state index contributed by atoms with van der Waals surface area (Å²) in [5, 5.41) is 5.10. The van der Waals surface area contributed by atoms with Gasteiger partial charge in [0.1, 0.15) is 17.3 Å². The van der Waals surface area contributed by atoms with Gasteiger partial charge in [0.15, 0.2) is 0 Å². The Kier molecular flexibility index (Phi) is 5.05. The van der Waals surface area contributed by atoms with Crippen LogP contribution in [0.3, 0.4) is 0 Å². The van der Waals surface area contributed by atoms with Gasteiger partial charge < -0.3 is 4.90 Å². The lowest BCUT2D eigenvalue weighted by atomic mass is 10.1. The van der Waals surface area contributed by atoms with E-state index in [-0.39, 0.29) is 10.6 Å². The van der Waals surface area contributed by atoms with Crippen LogP contribution >= 0.6 is 0 Å². The maximum absolute atomic E-state index is 14.4. The van der Waals surface area contributed by atoms with Crippen LogP contribution < -0.4 is 5.14 Å². The molecule has 0 aliphatic rings. The van der Waals surface area contributed by atoms with E-state index >= 15 is 0 Å². The van der Waals surface area contributed by atoms with E-state index in [1.54, 1.807) is 11.8 Å². The maximum atomic E-state index is 14.4. The zero-order chi connectivity index (χ0) is 18.1. The number of amidine groups is 1. The van der Waals surface area contributed by atoms with E-state index < -0.39 is 15.8 Å². The molecule has 0 amide bonds. The van der Waals surface area contributed by atoms with Crippen LogP contribution in [0.25, 0.3) is 0 Å². The van der Waals surface area contributed by atoms with Crippen LogP contribution in [0.2, 0.25) is 0 Å². The number of aliphatic imine (C=N–C) groups is 1. The number of nitrogens with two attached hydrogens (primary N) is 1. The smallest absolute Gasteiger partial charge is 0.238 e. The highest BCUT2D eigenvalue weighted by Gasteiger charge is 2.17. The fraction of sp³-hybridized carbons (Fsp3) is 0.235. The molecule has 5 nitrogen and oxygen atoms in total. The van der Waals surface area contributed by atoms with E-state index in [2.05, 4.69) is 4.99 Å². The molecule has 0 aliphatic heterocycles. The highest BCUT2D eigenvalue weighted by Crippen LogP contribution is 2.26. The summed E-state index contributed by atoms with van der Waals surface area (Å²) in [5.41, 5.74) is 2.28. The van der Waals surface area contributed by atoms with Gasteiger partial charge in [0.2, 0.25) is 10.0 Å². The van der Waals surface area contributed by atoms with Crippen LogP contribution in [-0.2, 0) is 10.0 Å². The number of halogens is 1. The number of nitrogens with zero attached hydrogens (tertiary/aromatic N) is 2. The van der Waals surface area contributed by atoms with Gasteiger partial charge in [-0.15, -0.1) is 0 Å². The molecule has 0 atom stereocenters. The van der Waals surface area contributed by atoms with Crippen molar-refractivity contribution in [3.63, 3.8) is 0 Å². The van der Waals surface area contributed by atoms with E-state index in [0.717, 1.165) is 17.2 Å². The molecule has 0 unspecified atom stereocenters. The van der Waals surface area contributed by atoms with E-state index in [4.69, 9.17) is 5.14 Å². The van der Waals surface area contributed by atoms with Crippen LogP contribution in [0, 0.1) is 19.7 Å². The van der Waals surface area contributed by atoms with Crippen molar-refractivity contribution in [1.82, 2.24) is 4.90 Å². The summed E-state index contributed by atoms with van der Waals surface area (Å²) in [6.07, 6.45) is 0. The predicted octanol–water partition coefficient (Wildman–Crippen LogP) is 2.73. The number of sulfonamides is 1. The van der Waals surface area contributed by atoms with Gasteiger partial charge in [0.25, 0.3) is 0 Å². The molecule has 0 heterocycles. The van der Waals surface area contributed by atoms with Gasteiger partial charge in [0.05, 0.1) is 4.90 Å². The molecule has 0 aromatic heterocycles. The Morgan fingerprint density at radius 1 is 1.12 bits per heavy atom. The molecule has 2 aromatic carbocycles. The van der Waals surface area contributed by atoms with Crippen molar-refractivity contribution in [3.8, 4) is 0 Å². The minimum Gasteiger partial charge on any atom is -0.362 e. The number of benzene rings is 2. The second-order valence-electron chi connectivity index (χ2n) is 5.76. The lowest BCUT2D eigenvalue weighted by Crippen LogP contribution is -2.23. The topological polar surface area (TPSA) is 75.8 Å². The summed E-state index contributed by atoms with van der Waals surface area (Å²) in [7, 11) is -0.347. The predicted molar refractivity (Wildman–Crippen MR) is 93.6 cm³/mol. The number of primary sulfonamides is 1. The third-order valence-electron chi connectivity index (χ3n) is 3.59. The standard InChI is InChI=1S/C17H20FN3O2S/c1-11-7-5-6-8-13(11)17(21(3)4)20-15-9-12(2)16(10-14(15)18)24(19,22)23/h5-10H,1-4H3,(H2,19,22,23)/b20-17-. The number of hydrogen-bond acceptors (Lipinski definition) is 3. The minimum absolute atomic E-state index is 0.0619. The Morgan fingerprint density at radius 3 is 2.29 bits per heavy atom. The Balaban J connectivity index is 2.64. The van der Waals surface area contributed by atoms with Gasteiger partial charge in [-0.25, -0.2) is 22.9 Å². The van der Waals surface area contributed by atoms with Crippen molar-refractivity contribution < 1.29 is 12.8 Å². The monoisotopic (exact) mass is 349 g/mol. The molecular formula is C17H20FN3O2S. The average Bonchev–Trinajstić information content (AvgIpc) is 2.47. The Labute approximate surface area is 141 Å². The molecule has 128 valence electrons. The van der Waals surface area contributed by atoms with Gasteiger partial charge in [-0.1, -0.05) is 24.3 Å². The van der Waals surface area contributed by atoms with Crippen LogP contribution in [-0.4, -0.2) is 33.2 Å². The zero-order valence-corrected chi connectivity index (χ0v) is 14.9. The first-order valence-electron chi connectivity index (χ1n) is 7.26. The fourth-order valence-electron chi connectivity index (χ4n) is 2.38. The fourth-order valence-corrected chi connectivity index (χ4v) is 3.15. The maximum Gasteiger partial charge on any atom is 0.238 e. The van der Waals surface area contributed by atoms with Crippen LogP contribution in [0.15, 0.2) is 46.3 Å². The summed E-state index contributed by atoms with van der Waals surface area (Å²) in [5.74, 6) is -0.160. The second-order valence-corrected chi connectivity index (χ2v) is 7.29. The normalized spacial score (nSPS) is 12.3. The first kappa shape index (κ1) is 18.1. The van der Waals surface area contributed by atoms with Crippen molar-refractivity contribution >= 4 is 21.5 Å². The molecule has 2 rings (SSSR count). The van der Waals surface area contributed by atoms with Crippen molar-refractivity contribution in [2.75, 3.05) is 14.1 Å². The van der Waals surface area contributed by atoms with E-state index in [1.807, 2.05) is 45.3 Å². The average molecular weight is 349 g/mol. The number of rotatable bonds is 3. The Hall–Kier alpha value is -2.25. The SMILES string of the molecule is Cc1ccccc1/C(=N/c1cc(C)c(S(N)(=O)=O)cc1F)N(C)C. The summed E-state index contributed by atoms with van der Waals surface area (Å²) >= 11 is 0. The van der Waals surface area contributed by atoms with Crippen LogP contribution in [0.5, 0.6) is 0 Å². The molecule has 24 heavy (non-hydrogen) atoms. The van der Waals surface area contributed by atoms with Gasteiger partial charge in [-0.05, 0) is 37.1 Å². The molecule has 0 saturated heterocycles. The first-order valence-corrected chi connectivity index (χ1v) is 8.81. The highest BCUT2D eigenvalue weighted by atomic mass is 32.2. The van der Waals surface area contributed by atoms with Crippen LogP contribution in [0.4, 0.5) is 10.1 Å². The lowest BCUT2D eigenvalue weighted by Gasteiger charge is -2.18. The Morgan fingerprint density at radius 2 is 1.75 bits per heavy atom. The van der Waals surface area contributed by atoms with Gasteiger partial charge in [-0.2, -0.15) is 0 Å². The Bertz CT molecular complexity index is 906. The largest absolute Gasteiger partial charge is 0.362 e. The molecule has 0 bridgehead atoms. The summed E-state index contributed by atoms with van der Waals surface area (Å²) in [4.78, 5) is 5.95. The van der Waals surface area contributed by atoms with E-state index in [0.29, 0.717) is 11.4 Å². The molecule has 0 fully saturated rings. The third-order valence-corrected chi connectivity index (χ3v) is 4.64. The minimum atomic E-state index is -3.98. The van der Waals surface area contributed by atoms with Crippen molar-refractivity contribution in [2.24, 2.45) is 10.1 Å². The summed E-state index contributed by atoms with van der Waals surface area (Å²) in [6, 6.07) is 9.94. The highest BCUT2D eigenvalue weighted by molar-refractivity contribution is 7.89. The third kappa shape index (κ3) is 3.80. The molecular weight excluding hydrogens is 329 g/mol. The molecule has 7 heteroatoms. The van der Waals surface area contributed by atoms with Crippen LogP contribution in [0.1, 0.15) is 16.7 Å². The summed E-state index contributed by atoms with van der Waals surface area (Å²) < 4.78 is 37.3. The number of aryl methyl sites for hydroxylation is 2. The molecule has 2 aromatic rings. The van der Waals surface area contributed by atoms with Gasteiger partial charge >= 0.3 is 0 Å². The quantitative estimate of drug-likeness (QED) is 0.684. The first-order chi connectivity index (χ1) is 11.1. The molecule has 0 aliphatic carbocycles. The van der Waals surface area contributed by atoms with E-state index in [1.165, 1.54) is 6.07 Å². The second kappa shape index (κ2) is 6.70. The zero-order valence-electron chi connectivity index (χ0n) is 14.0. The van der Waals surface area contributed by atoms with Crippen molar-refractivity contribution in [3.05, 3.63) is 58.9 Å². The van der Waals surface area contributed by atoms with Crippen molar-refractivity contribution in [1.29, 1.82) is 0 Å².